The molecule has 1 saturated heterocycles. The van der Waals surface area contributed by atoms with Crippen LogP contribution < -0.4 is 10.6 Å². The van der Waals surface area contributed by atoms with E-state index in [0.717, 1.165) is 13.0 Å². The van der Waals surface area contributed by atoms with Crippen molar-refractivity contribution in [1.29, 1.82) is 0 Å². The molecule has 1 rings (SSSR count). The van der Waals surface area contributed by atoms with Crippen LogP contribution in [0, 0.1) is 0 Å². The molecule has 0 aromatic rings. The molecule has 0 atom stereocenters. The van der Waals surface area contributed by atoms with E-state index in [1.54, 1.807) is 11.8 Å². The van der Waals surface area contributed by atoms with E-state index < -0.39 is 11.8 Å². The average molecular weight is 241 g/mol. The van der Waals surface area contributed by atoms with Gasteiger partial charge in [-0.25, -0.2) is 0 Å². The summed E-state index contributed by atoms with van der Waals surface area (Å²) in [4.78, 5) is 35.3. The highest BCUT2D eigenvalue weighted by Crippen LogP contribution is 2.09. The molecule has 0 radical (unpaired) electrons. The van der Waals surface area contributed by atoms with E-state index in [2.05, 4.69) is 10.6 Å². The summed E-state index contributed by atoms with van der Waals surface area (Å²) in [6, 6.07) is 0. The maximum absolute atomic E-state index is 11.3. The van der Waals surface area contributed by atoms with Crippen molar-refractivity contribution < 1.29 is 14.4 Å². The van der Waals surface area contributed by atoms with Gasteiger partial charge in [-0.1, -0.05) is 0 Å². The molecule has 1 aliphatic rings. The molecule has 17 heavy (non-hydrogen) atoms. The summed E-state index contributed by atoms with van der Waals surface area (Å²) >= 11 is 0. The van der Waals surface area contributed by atoms with Crippen LogP contribution in [0.3, 0.4) is 0 Å². The Balaban J connectivity index is 2.09. The molecule has 6 heteroatoms. The molecule has 1 fully saturated rings. The normalized spacial score (nSPS) is 14.9. The predicted octanol–water partition coefficient (Wildman–Crippen LogP) is -0.749. The van der Waals surface area contributed by atoms with Crippen LogP contribution in [0.25, 0.3) is 0 Å². The lowest BCUT2D eigenvalue weighted by Gasteiger charge is -2.15. The molecule has 0 aliphatic carbocycles. The summed E-state index contributed by atoms with van der Waals surface area (Å²) < 4.78 is 0. The maximum atomic E-state index is 11.3. The number of hydrogen-bond acceptors (Lipinski definition) is 3. The van der Waals surface area contributed by atoms with Crippen molar-refractivity contribution in [2.24, 2.45) is 0 Å². The van der Waals surface area contributed by atoms with Gasteiger partial charge in [0.2, 0.25) is 5.91 Å². The van der Waals surface area contributed by atoms with Crippen LogP contribution in [-0.4, -0.2) is 48.8 Å². The second kappa shape index (κ2) is 6.88. The zero-order chi connectivity index (χ0) is 12.7. The molecule has 0 unspecified atom stereocenters. The molecular weight excluding hydrogens is 222 g/mol. The third-order valence-corrected chi connectivity index (χ3v) is 2.61. The van der Waals surface area contributed by atoms with Gasteiger partial charge in [-0.15, -0.1) is 0 Å². The minimum Gasteiger partial charge on any atom is -0.348 e. The summed E-state index contributed by atoms with van der Waals surface area (Å²) in [5, 5.41) is 4.94. The van der Waals surface area contributed by atoms with Crippen molar-refractivity contribution in [2.45, 2.75) is 26.2 Å². The third-order valence-electron chi connectivity index (χ3n) is 2.61. The van der Waals surface area contributed by atoms with Gasteiger partial charge >= 0.3 is 11.8 Å². The first kappa shape index (κ1) is 13.5. The Morgan fingerprint density at radius 1 is 1.29 bits per heavy atom. The zero-order valence-corrected chi connectivity index (χ0v) is 10.1. The molecule has 0 spiro atoms. The number of nitrogens with one attached hydrogen (secondary N) is 2. The van der Waals surface area contributed by atoms with Crippen LogP contribution in [0.1, 0.15) is 26.2 Å². The SMILES string of the molecule is CCNC(=O)C(=O)NCCCN1CCCC1=O. The Labute approximate surface area is 101 Å². The van der Waals surface area contributed by atoms with Crippen LogP contribution in [0.5, 0.6) is 0 Å². The first-order chi connectivity index (χ1) is 8.15. The highest BCUT2D eigenvalue weighted by atomic mass is 16.2. The molecule has 0 aromatic heterocycles. The monoisotopic (exact) mass is 241 g/mol. The van der Waals surface area contributed by atoms with Gasteiger partial charge in [0.1, 0.15) is 0 Å². The van der Waals surface area contributed by atoms with Crippen molar-refractivity contribution in [2.75, 3.05) is 26.2 Å². The summed E-state index contributed by atoms with van der Waals surface area (Å²) in [6.07, 6.45) is 2.23. The van der Waals surface area contributed by atoms with E-state index in [1.807, 2.05) is 0 Å². The van der Waals surface area contributed by atoms with Crippen LogP contribution in [-0.2, 0) is 14.4 Å². The number of likely N-dealkylation sites (tertiary alicyclic amines) is 1. The van der Waals surface area contributed by atoms with Gasteiger partial charge in [-0.3, -0.25) is 14.4 Å². The number of rotatable bonds is 5. The number of hydrogen-bond donors (Lipinski definition) is 2. The van der Waals surface area contributed by atoms with Crippen molar-refractivity contribution in [3.8, 4) is 0 Å². The Kier molecular flexibility index (Phi) is 5.45. The molecule has 0 saturated carbocycles. The van der Waals surface area contributed by atoms with Gasteiger partial charge in [0.05, 0.1) is 0 Å². The zero-order valence-electron chi connectivity index (χ0n) is 10.1. The predicted molar refractivity (Wildman–Crippen MR) is 62.1 cm³/mol. The fourth-order valence-corrected chi connectivity index (χ4v) is 1.73. The van der Waals surface area contributed by atoms with E-state index in [9.17, 15) is 14.4 Å². The standard InChI is InChI=1S/C11H19N3O3/c1-2-12-10(16)11(17)13-6-4-8-14-7-3-5-9(14)15/h2-8H2,1H3,(H,12,16)(H,13,17). The highest BCUT2D eigenvalue weighted by molar-refractivity contribution is 6.35. The largest absolute Gasteiger partial charge is 0.348 e. The first-order valence-corrected chi connectivity index (χ1v) is 5.99. The number of likely N-dealkylation sites (N-methyl/N-ethyl adjacent to an activating group) is 1. The van der Waals surface area contributed by atoms with Crippen molar-refractivity contribution >= 4 is 17.7 Å². The van der Waals surface area contributed by atoms with Crippen molar-refractivity contribution in [3.63, 3.8) is 0 Å². The van der Waals surface area contributed by atoms with Gasteiger partial charge < -0.3 is 15.5 Å². The molecule has 3 amide bonds. The quantitative estimate of drug-likeness (QED) is 0.491. The van der Waals surface area contributed by atoms with E-state index in [-0.39, 0.29) is 5.91 Å². The van der Waals surface area contributed by atoms with Crippen LogP contribution in [0.15, 0.2) is 0 Å². The van der Waals surface area contributed by atoms with Gasteiger partial charge in [0.25, 0.3) is 0 Å². The van der Waals surface area contributed by atoms with Gasteiger partial charge in [0, 0.05) is 32.6 Å². The molecule has 96 valence electrons. The smallest absolute Gasteiger partial charge is 0.309 e. The fraction of sp³-hybridized carbons (Fsp3) is 0.727. The van der Waals surface area contributed by atoms with E-state index in [1.165, 1.54) is 0 Å². The fourth-order valence-electron chi connectivity index (χ4n) is 1.73. The summed E-state index contributed by atoms with van der Waals surface area (Å²) in [5.74, 6) is -1.04. The third kappa shape index (κ3) is 4.42. The lowest BCUT2D eigenvalue weighted by molar-refractivity contribution is -0.139. The minimum absolute atomic E-state index is 0.181. The second-order valence-corrected chi connectivity index (χ2v) is 3.95. The number of nitrogens with zero attached hydrogens (tertiary/aromatic N) is 1. The lowest BCUT2D eigenvalue weighted by atomic mass is 10.3. The van der Waals surface area contributed by atoms with Gasteiger partial charge in [-0.05, 0) is 19.8 Å². The average Bonchev–Trinajstić information content (AvgIpc) is 2.70. The Bertz CT molecular complexity index is 304. The number of carbonyl (C=O) groups excluding carboxylic acids is 3. The van der Waals surface area contributed by atoms with Crippen molar-refractivity contribution in [1.82, 2.24) is 15.5 Å². The maximum Gasteiger partial charge on any atom is 0.309 e. The lowest BCUT2D eigenvalue weighted by Crippen LogP contribution is -2.40. The van der Waals surface area contributed by atoms with Crippen molar-refractivity contribution in [3.05, 3.63) is 0 Å². The number of carbonyl (C=O) groups is 3. The molecule has 2 N–H and O–H groups in total. The van der Waals surface area contributed by atoms with Crippen LogP contribution in [0.4, 0.5) is 0 Å². The minimum atomic E-state index is -0.611. The topological polar surface area (TPSA) is 78.5 Å². The molecule has 6 nitrogen and oxygen atoms in total. The Morgan fingerprint density at radius 3 is 2.59 bits per heavy atom. The Hall–Kier alpha value is -1.59. The summed E-state index contributed by atoms with van der Waals surface area (Å²) in [5.41, 5.74) is 0. The van der Waals surface area contributed by atoms with Gasteiger partial charge in [-0.2, -0.15) is 0 Å². The van der Waals surface area contributed by atoms with Crippen LogP contribution in [0.2, 0.25) is 0 Å². The second-order valence-electron chi connectivity index (χ2n) is 3.95. The molecule has 0 aromatic carbocycles. The van der Waals surface area contributed by atoms with E-state index in [0.29, 0.717) is 32.5 Å². The van der Waals surface area contributed by atoms with E-state index >= 15 is 0 Å². The summed E-state index contributed by atoms with van der Waals surface area (Å²) in [7, 11) is 0. The first-order valence-electron chi connectivity index (χ1n) is 5.99. The van der Waals surface area contributed by atoms with Gasteiger partial charge in [0.15, 0.2) is 0 Å². The highest BCUT2D eigenvalue weighted by Gasteiger charge is 2.19. The Morgan fingerprint density at radius 2 is 2.00 bits per heavy atom. The molecular formula is C11H19N3O3. The van der Waals surface area contributed by atoms with E-state index in [4.69, 9.17) is 0 Å². The summed E-state index contributed by atoms with van der Waals surface area (Å²) in [6.45, 7) is 4.07. The molecule has 0 bridgehead atoms. The molecule has 1 heterocycles. The number of amides is 3. The van der Waals surface area contributed by atoms with Crippen LogP contribution >= 0.6 is 0 Å². The molecule has 1 aliphatic heterocycles.